The normalized spacial score (nSPS) is 10.5. The monoisotopic (exact) mass is 330 g/mol. The largest absolute Gasteiger partial charge is 0.339 e. The Balaban J connectivity index is 2.00. The van der Waals surface area contributed by atoms with E-state index in [2.05, 4.69) is 20.3 Å². The van der Waals surface area contributed by atoms with Crippen LogP contribution in [-0.2, 0) is 0 Å². The molecular weight excluding hydrogens is 319 g/mol. The van der Waals surface area contributed by atoms with Crippen LogP contribution in [0.4, 0.5) is 11.5 Å². The zero-order chi connectivity index (χ0) is 15.5. The minimum atomic E-state index is 0.356. The molecule has 0 aliphatic carbocycles. The van der Waals surface area contributed by atoms with Gasteiger partial charge in [0.25, 0.3) is 0 Å². The number of para-hydroxylation sites is 1. The second-order valence-electron chi connectivity index (χ2n) is 4.69. The lowest BCUT2D eigenvalue weighted by Gasteiger charge is -2.12. The number of halogens is 2. The predicted octanol–water partition coefficient (Wildman–Crippen LogP) is 4.90. The van der Waals surface area contributed by atoms with E-state index in [1.807, 2.05) is 37.3 Å². The Bertz CT molecular complexity index is 786. The van der Waals surface area contributed by atoms with Crippen LogP contribution in [0.3, 0.4) is 0 Å². The fourth-order valence-electron chi connectivity index (χ4n) is 2.03. The highest BCUT2D eigenvalue weighted by Gasteiger charge is 2.09. The van der Waals surface area contributed by atoms with Crippen LogP contribution in [0.2, 0.25) is 10.2 Å². The van der Waals surface area contributed by atoms with Crippen LogP contribution in [0.25, 0.3) is 11.4 Å². The van der Waals surface area contributed by atoms with Crippen LogP contribution in [0, 0.1) is 6.92 Å². The first-order valence-corrected chi connectivity index (χ1v) is 7.36. The third-order valence-corrected chi connectivity index (χ3v) is 3.62. The van der Waals surface area contributed by atoms with Crippen LogP contribution in [0.15, 0.2) is 48.8 Å². The quantitative estimate of drug-likeness (QED) is 0.694. The molecule has 2 aromatic heterocycles. The molecule has 6 heteroatoms. The van der Waals surface area contributed by atoms with Gasteiger partial charge >= 0.3 is 0 Å². The molecule has 0 amide bonds. The topological polar surface area (TPSA) is 50.7 Å². The van der Waals surface area contributed by atoms with Gasteiger partial charge in [0, 0.05) is 24.0 Å². The highest BCUT2D eigenvalue weighted by molar-refractivity contribution is 6.33. The number of nitrogens with one attached hydrogen (secondary N) is 1. The van der Waals surface area contributed by atoms with Crippen molar-refractivity contribution in [1.82, 2.24) is 15.0 Å². The molecule has 22 heavy (non-hydrogen) atoms. The molecule has 0 spiro atoms. The summed E-state index contributed by atoms with van der Waals surface area (Å²) in [5.41, 5.74) is 2.67. The van der Waals surface area contributed by atoms with Gasteiger partial charge in [0.15, 0.2) is 5.82 Å². The van der Waals surface area contributed by atoms with Crippen LogP contribution in [-0.4, -0.2) is 15.0 Å². The van der Waals surface area contributed by atoms with Gasteiger partial charge in [-0.25, -0.2) is 9.97 Å². The van der Waals surface area contributed by atoms with Gasteiger partial charge in [0.2, 0.25) is 0 Å². The lowest BCUT2D eigenvalue weighted by molar-refractivity contribution is 1.17. The summed E-state index contributed by atoms with van der Waals surface area (Å²) in [6, 6.07) is 11.0. The van der Waals surface area contributed by atoms with Crippen LogP contribution < -0.4 is 5.32 Å². The van der Waals surface area contributed by atoms with Gasteiger partial charge in [-0.1, -0.05) is 35.3 Å². The molecule has 0 fully saturated rings. The van der Waals surface area contributed by atoms with Gasteiger partial charge in [0.1, 0.15) is 11.0 Å². The Hall–Kier alpha value is -2.17. The second-order valence-corrected chi connectivity index (χ2v) is 5.49. The molecule has 0 saturated carbocycles. The van der Waals surface area contributed by atoms with Gasteiger partial charge in [-0.05, 0) is 30.7 Å². The Morgan fingerprint density at radius 1 is 1.00 bits per heavy atom. The first-order valence-electron chi connectivity index (χ1n) is 6.60. The van der Waals surface area contributed by atoms with Crippen molar-refractivity contribution in [2.24, 2.45) is 0 Å². The Morgan fingerprint density at radius 3 is 2.50 bits per heavy atom. The fourth-order valence-corrected chi connectivity index (χ4v) is 2.48. The maximum atomic E-state index is 6.23. The van der Waals surface area contributed by atoms with Crippen LogP contribution in [0.5, 0.6) is 0 Å². The van der Waals surface area contributed by atoms with Crippen molar-refractivity contribution in [2.45, 2.75) is 6.92 Å². The lowest BCUT2D eigenvalue weighted by Crippen LogP contribution is -1.99. The number of pyridine rings is 1. The molecular formula is C16H12Cl2N4. The smallest absolute Gasteiger partial charge is 0.163 e. The Morgan fingerprint density at radius 2 is 1.77 bits per heavy atom. The van der Waals surface area contributed by atoms with Crippen molar-refractivity contribution in [3.05, 3.63) is 64.5 Å². The minimum Gasteiger partial charge on any atom is -0.339 e. The molecule has 0 aliphatic heterocycles. The first-order chi connectivity index (χ1) is 10.6. The summed E-state index contributed by atoms with van der Waals surface area (Å²) in [6.07, 6.45) is 3.37. The molecule has 0 aliphatic rings. The molecule has 0 saturated heterocycles. The van der Waals surface area contributed by atoms with E-state index in [0.717, 1.165) is 16.8 Å². The van der Waals surface area contributed by atoms with Crippen LogP contribution in [0.1, 0.15) is 5.56 Å². The van der Waals surface area contributed by atoms with E-state index in [1.165, 1.54) is 0 Å². The zero-order valence-electron chi connectivity index (χ0n) is 11.7. The molecule has 0 radical (unpaired) electrons. The summed E-state index contributed by atoms with van der Waals surface area (Å²) >= 11 is 12.3. The average Bonchev–Trinajstić information content (AvgIpc) is 2.51. The van der Waals surface area contributed by atoms with Crippen molar-refractivity contribution < 1.29 is 0 Å². The number of aromatic nitrogens is 3. The van der Waals surface area contributed by atoms with Gasteiger partial charge in [-0.15, -0.1) is 0 Å². The summed E-state index contributed by atoms with van der Waals surface area (Å²) in [5.74, 6) is 1.12. The van der Waals surface area contributed by atoms with Gasteiger partial charge in [0.05, 0.1) is 10.7 Å². The van der Waals surface area contributed by atoms with Crippen molar-refractivity contribution in [2.75, 3.05) is 5.32 Å². The number of nitrogens with zero attached hydrogens (tertiary/aromatic N) is 3. The second kappa shape index (κ2) is 6.30. The molecule has 0 unspecified atom stereocenters. The molecule has 0 atom stereocenters. The summed E-state index contributed by atoms with van der Waals surface area (Å²) in [5, 5.41) is 4.19. The van der Waals surface area contributed by atoms with E-state index in [-0.39, 0.29) is 0 Å². The third kappa shape index (κ3) is 3.18. The number of hydrogen-bond donors (Lipinski definition) is 1. The Kier molecular flexibility index (Phi) is 4.22. The summed E-state index contributed by atoms with van der Waals surface area (Å²) < 4.78 is 0. The van der Waals surface area contributed by atoms with Gasteiger partial charge in [-0.2, -0.15) is 0 Å². The molecule has 4 nitrogen and oxygen atoms in total. The van der Waals surface area contributed by atoms with Gasteiger partial charge in [-0.3, -0.25) is 4.98 Å². The average molecular weight is 331 g/mol. The van der Waals surface area contributed by atoms with E-state index in [1.54, 1.807) is 18.5 Å². The van der Waals surface area contributed by atoms with Gasteiger partial charge < -0.3 is 5.32 Å². The van der Waals surface area contributed by atoms with E-state index in [0.29, 0.717) is 21.8 Å². The van der Waals surface area contributed by atoms with Crippen molar-refractivity contribution in [1.29, 1.82) is 0 Å². The highest BCUT2D eigenvalue weighted by atomic mass is 35.5. The Labute approximate surface area is 138 Å². The van der Waals surface area contributed by atoms with E-state index in [9.17, 15) is 0 Å². The molecule has 1 N–H and O–H groups in total. The summed E-state index contributed by atoms with van der Waals surface area (Å²) in [7, 11) is 0. The lowest BCUT2D eigenvalue weighted by atomic mass is 10.2. The fraction of sp³-hybridized carbons (Fsp3) is 0.0625. The third-order valence-electron chi connectivity index (χ3n) is 3.11. The highest BCUT2D eigenvalue weighted by Crippen LogP contribution is 2.29. The molecule has 0 bridgehead atoms. The maximum absolute atomic E-state index is 6.23. The number of benzene rings is 1. The van der Waals surface area contributed by atoms with Crippen molar-refractivity contribution >= 4 is 34.7 Å². The van der Waals surface area contributed by atoms with Crippen molar-refractivity contribution in [3.63, 3.8) is 0 Å². The molecule has 110 valence electrons. The van der Waals surface area contributed by atoms with E-state index >= 15 is 0 Å². The summed E-state index contributed by atoms with van der Waals surface area (Å²) in [6.45, 7) is 1.97. The number of aryl methyl sites for hydroxylation is 1. The van der Waals surface area contributed by atoms with E-state index in [4.69, 9.17) is 23.2 Å². The zero-order valence-corrected chi connectivity index (χ0v) is 13.2. The molecule has 3 aromatic rings. The first kappa shape index (κ1) is 14.8. The SMILES string of the molecule is Cc1cccc(Cl)c1Nc1cc(Cl)nc(-c2ccncc2)n1. The molecule has 3 rings (SSSR count). The minimum absolute atomic E-state index is 0.356. The maximum Gasteiger partial charge on any atom is 0.163 e. The van der Waals surface area contributed by atoms with E-state index < -0.39 is 0 Å². The summed E-state index contributed by atoms with van der Waals surface area (Å²) in [4.78, 5) is 12.7. The standard InChI is InChI=1S/C16H12Cl2N4/c1-10-3-2-4-12(17)15(10)21-14-9-13(18)20-16(22-14)11-5-7-19-8-6-11/h2-9H,1H3,(H,20,21,22). The number of hydrogen-bond acceptors (Lipinski definition) is 4. The molecule has 2 heterocycles. The predicted molar refractivity (Wildman–Crippen MR) is 89.7 cm³/mol. The number of rotatable bonds is 3. The van der Waals surface area contributed by atoms with Crippen LogP contribution >= 0.6 is 23.2 Å². The number of anilines is 2. The molecule has 1 aromatic carbocycles. The van der Waals surface area contributed by atoms with Crippen molar-refractivity contribution in [3.8, 4) is 11.4 Å².